The Labute approximate surface area is 391 Å². The van der Waals surface area contributed by atoms with E-state index in [1.54, 1.807) is 55.1 Å². The number of hydrogen-bond acceptors (Lipinski definition) is 8. The van der Waals surface area contributed by atoms with Gasteiger partial charge in [-0.25, -0.2) is 0 Å². The first-order valence-electron chi connectivity index (χ1n) is 22.8. The van der Waals surface area contributed by atoms with Crippen LogP contribution >= 0.6 is 15.8 Å². The number of rotatable bonds is 29. The molecule has 0 amide bonds. The van der Waals surface area contributed by atoms with Crippen LogP contribution in [0.25, 0.3) is 10.6 Å². The summed E-state index contributed by atoms with van der Waals surface area (Å²) in [6, 6.07) is 0. The topological polar surface area (TPSA) is 118 Å². The van der Waals surface area contributed by atoms with Crippen molar-refractivity contribution in [3.63, 3.8) is 0 Å². The number of methoxy groups -OCH3 is 6. The van der Waals surface area contributed by atoms with E-state index in [9.17, 15) is 9.59 Å². The summed E-state index contributed by atoms with van der Waals surface area (Å²) >= 11 is 0. The second-order valence-electron chi connectivity index (χ2n) is 19.6. The average molecular weight is 988 g/mol. The van der Waals surface area contributed by atoms with E-state index in [0.717, 1.165) is 63.6 Å². The molecule has 1 radical (unpaired) electrons. The summed E-state index contributed by atoms with van der Waals surface area (Å²) in [5.41, 5.74) is 1.47. The van der Waals surface area contributed by atoms with E-state index in [4.69, 9.17) is 28.4 Å². The van der Waals surface area contributed by atoms with Gasteiger partial charge in [-0.15, -0.1) is 13.1 Å². The molecule has 0 saturated heterocycles. The molecule has 2 aliphatic rings. The van der Waals surface area contributed by atoms with Crippen LogP contribution in [0.15, 0.2) is 23.5 Å². The Hall–Kier alpha value is -0.311. The van der Waals surface area contributed by atoms with Gasteiger partial charge in [0.25, 0.3) is 0 Å². The van der Waals surface area contributed by atoms with Gasteiger partial charge in [-0.3, -0.25) is 9.59 Å². The van der Waals surface area contributed by atoms with Gasteiger partial charge in [-0.2, -0.15) is 12.4 Å². The largest absolute Gasteiger partial charge is 0.691 e. The third-order valence-electron chi connectivity index (χ3n) is 11.2. The van der Waals surface area contributed by atoms with Crippen molar-refractivity contribution in [2.24, 2.45) is 21.7 Å². The Bertz CT molecular complexity index is 1060. The summed E-state index contributed by atoms with van der Waals surface area (Å²) in [6.07, 6.45) is 22.1. The Morgan fingerprint density at radius 2 is 0.689 bits per heavy atom. The van der Waals surface area contributed by atoms with Crippen molar-refractivity contribution in [2.45, 2.75) is 120 Å². The molecule has 13 heteroatoms. The maximum atomic E-state index is 12.5. The van der Waals surface area contributed by atoms with Crippen LogP contribution in [0.1, 0.15) is 120 Å². The smallest absolute Gasteiger partial charge is 0.158 e. The molecule has 0 spiro atoms. The monoisotopic (exact) mass is 988 g/mol. The normalized spacial score (nSPS) is 19.0. The van der Waals surface area contributed by atoms with Crippen LogP contribution in [0.4, 0.5) is 0 Å². The number of Topliss-reactive ketones (excluding diaryl/α,β-unsaturated/α-hetero) is 2. The van der Waals surface area contributed by atoms with Gasteiger partial charge in [0.1, 0.15) is 0 Å². The summed E-state index contributed by atoms with van der Waals surface area (Å²) in [4.78, 5) is 25.0. The third-order valence-corrected chi connectivity index (χ3v) is 17.6. The molecule has 0 N–H and O–H groups in total. The van der Waals surface area contributed by atoms with Crippen LogP contribution in [-0.2, 0) is 58.1 Å². The molecule has 0 unspecified atom stereocenters. The minimum absolute atomic E-state index is 0. The van der Waals surface area contributed by atoms with Gasteiger partial charge in [0.15, 0.2) is 11.6 Å². The first-order chi connectivity index (χ1) is 28.3. The van der Waals surface area contributed by atoms with E-state index in [1.807, 2.05) is 0 Å². The first-order valence-corrected chi connectivity index (χ1v) is 27.0. The van der Waals surface area contributed by atoms with Crippen molar-refractivity contribution in [3.8, 4) is 0 Å². The van der Waals surface area contributed by atoms with Gasteiger partial charge < -0.3 is 39.1 Å². The Balaban J connectivity index is 0. The van der Waals surface area contributed by atoms with Crippen molar-refractivity contribution in [3.05, 3.63) is 34.2 Å². The molecular formula is C48H94N2O8P2Tc. The summed E-state index contributed by atoms with van der Waals surface area (Å²) < 4.78 is 30.7. The fourth-order valence-electron chi connectivity index (χ4n) is 8.99. The van der Waals surface area contributed by atoms with Crippen molar-refractivity contribution >= 4 is 27.4 Å². The Morgan fingerprint density at radius 3 is 0.885 bits per heavy atom. The van der Waals surface area contributed by atoms with E-state index in [1.165, 1.54) is 75.5 Å². The zero-order chi connectivity index (χ0) is 45.5. The molecule has 10 nitrogen and oxygen atoms in total. The fraction of sp³-hybridized carbons (Fsp3) is 0.875. The third kappa shape index (κ3) is 30.5. The second kappa shape index (κ2) is 35.9. The van der Waals surface area contributed by atoms with Crippen LogP contribution in [0, 0.1) is 21.7 Å². The molecule has 0 aromatic heterocycles. The number of ketones is 2. The van der Waals surface area contributed by atoms with Gasteiger partial charge in [-0.1, -0.05) is 55.4 Å². The van der Waals surface area contributed by atoms with Crippen LogP contribution in [0.3, 0.4) is 0 Å². The molecule has 361 valence electrons. The number of hydrogen-bond donors (Lipinski definition) is 0. The zero-order valence-electron chi connectivity index (χ0n) is 41.7. The van der Waals surface area contributed by atoms with E-state index in [2.05, 4.69) is 66.0 Å². The summed E-state index contributed by atoms with van der Waals surface area (Å²) in [6.45, 7) is 23.6. The van der Waals surface area contributed by atoms with Crippen molar-refractivity contribution in [2.75, 3.05) is 132 Å². The van der Waals surface area contributed by atoms with Crippen LogP contribution in [0.5, 0.6) is 0 Å². The fourth-order valence-corrected chi connectivity index (χ4v) is 14.4. The molecule has 0 heterocycles. The van der Waals surface area contributed by atoms with Gasteiger partial charge >= 0.3 is 0 Å². The molecule has 0 bridgehead atoms. The molecule has 0 aromatic carbocycles. The SMILES string of the molecule is CC1(C)CC(=O)/C(=C\[N-]CC[N-]/C=C2\C(=O)CC(C)(C)CC2(C)C)C(C)(C)C1.COCCC[PH+](CCCOC)CCCOC.COCCC[PH+](CCCOC)CCCOC.[99Tc]. The number of allylic oxidation sites excluding steroid dienone is 2. The Morgan fingerprint density at radius 1 is 0.459 bits per heavy atom. The molecule has 2 aliphatic carbocycles. The number of carbonyl (C=O) groups is 2. The first kappa shape index (κ1) is 62.8. The van der Waals surface area contributed by atoms with E-state index >= 15 is 0 Å². The van der Waals surface area contributed by atoms with E-state index in [0.29, 0.717) is 25.9 Å². The second-order valence-corrected chi connectivity index (χ2v) is 25.6. The molecule has 2 saturated carbocycles. The molecule has 2 rings (SSSR count). The minimum atomic E-state index is -0.202. The predicted molar refractivity (Wildman–Crippen MR) is 261 cm³/mol. The standard InChI is InChI=1S/C24H40N2O2.2C12H27O3P.Tc/c1-21(2)11-19(27)17(23(5,6)15-21)13-25-9-10-26-14-18-20(28)12-22(3,4)16-24(18,7)8;2*1-13-7-4-10-16(11-5-8-14-2)12-6-9-15-3;/h13-14H,9-12,15-16H2,1-8H3,(H2,25,26,27,28);2*4-12H2,1-3H3;/i;;;1+1. The molecule has 0 aliphatic heterocycles. The van der Waals surface area contributed by atoms with Gasteiger partial charge in [-0.05, 0) is 45.6 Å². The summed E-state index contributed by atoms with van der Waals surface area (Å²) in [5, 5.41) is 8.92. The zero-order valence-corrected chi connectivity index (χ0v) is 45.5. The summed E-state index contributed by atoms with van der Waals surface area (Å²) in [5.74, 6) is 0.419. The molecule has 0 aromatic rings. The maximum absolute atomic E-state index is 12.5. The molecule has 0 atom stereocenters. The van der Waals surface area contributed by atoms with Gasteiger partial charge in [0, 0.05) is 170 Å². The minimum Gasteiger partial charge on any atom is -0.691 e. The summed E-state index contributed by atoms with van der Waals surface area (Å²) in [7, 11) is 10.3. The quantitative estimate of drug-likeness (QED) is 0.0413. The van der Waals surface area contributed by atoms with Gasteiger partial charge in [0.2, 0.25) is 0 Å². The molecule has 2 fully saturated rings. The number of nitrogens with zero attached hydrogens (tertiary/aromatic N) is 2. The molecular weight excluding hydrogens is 893 g/mol. The van der Waals surface area contributed by atoms with Crippen LogP contribution < -0.4 is 0 Å². The van der Waals surface area contributed by atoms with Gasteiger partial charge in [0.05, 0.1) is 37.0 Å². The van der Waals surface area contributed by atoms with Crippen molar-refractivity contribution in [1.82, 2.24) is 0 Å². The number of carbonyl (C=O) groups excluding carboxylic acids is 2. The van der Waals surface area contributed by atoms with Crippen LogP contribution in [-0.4, -0.2) is 144 Å². The predicted octanol–water partition coefficient (Wildman–Crippen LogP) is 10.9. The Kier molecular flexibility index (Phi) is 36.9. The average Bonchev–Trinajstić information content (AvgIpc) is 3.14. The van der Waals surface area contributed by atoms with Crippen LogP contribution in [0.2, 0.25) is 0 Å². The van der Waals surface area contributed by atoms with Crippen molar-refractivity contribution < 1.29 is 58.1 Å². The van der Waals surface area contributed by atoms with E-state index in [-0.39, 0.29) is 69.2 Å². The number of ether oxygens (including phenoxy) is 6. The maximum Gasteiger partial charge on any atom is 0.158 e. The van der Waals surface area contributed by atoms with E-state index < -0.39 is 0 Å². The molecule has 61 heavy (non-hydrogen) atoms. The van der Waals surface area contributed by atoms with Crippen molar-refractivity contribution in [1.29, 1.82) is 0 Å².